The van der Waals surface area contributed by atoms with E-state index in [4.69, 9.17) is 10.1 Å². The fourth-order valence-corrected chi connectivity index (χ4v) is 3.16. The lowest BCUT2D eigenvalue weighted by atomic mass is 9.91. The Kier molecular flexibility index (Phi) is 3.88. The molecule has 106 valence electrons. The number of hydrogen-bond donors (Lipinski definition) is 1. The molecule has 1 heterocycles. The van der Waals surface area contributed by atoms with Gasteiger partial charge < -0.3 is 10.0 Å². The minimum absolute atomic E-state index is 0.191. The van der Waals surface area contributed by atoms with E-state index in [-0.39, 0.29) is 6.61 Å². The third kappa shape index (κ3) is 2.38. The number of aliphatic hydroxyl groups excluding tert-OH is 1. The third-order valence-electron chi connectivity index (χ3n) is 4.50. The van der Waals surface area contributed by atoms with Crippen molar-refractivity contribution in [1.82, 2.24) is 4.98 Å². The van der Waals surface area contributed by atoms with Crippen LogP contribution in [0.15, 0.2) is 6.07 Å². The molecule has 0 aliphatic heterocycles. The molecule has 0 unspecified atom stereocenters. The largest absolute Gasteiger partial charge is 0.396 e. The molecule has 0 saturated heterocycles. The van der Waals surface area contributed by atoms with Gasteiger partial charge in [0.05, 0.1) is 5.56 Å². The Balaban J connectivity index is 1.94. The van der Waals surface area contributed by atoms with Crippen LogP contribution >= 0.6 is 0 Å². The minimum Gasteiger partial charge on any atom is -0.396 e. The number of aryl methyl sites for hydroxylation is 2. The number of hydrogen-bond acceptors (Lipinski definition) is 4. The van der Waals surface area contributed by atoms with Gasteiger partial charge in [0.15, 0.2) is 0 Å². The lowest BCUT2D eigenvalue weighted by molar-refractivity contribution is 0.282. The average molecular weight is 271 g/mol. The Morgan fingerprint density at radius 1 is 1.35 bits per heavy atom. The first-order valence-corrected chi connectivity index (χ1v) is 7.64. The van der Waals surface area contributed by atoms with Crippen LogP contribution in [0.5, 0.6) is 0 Å². The molecule has 0 aromatic carbocycles. The van der Waals surface area contributed by atoms with E-state index in [1.165, 1.54) is 30.5 Å². The number of anilines is 1. The van der Waals surface area contributed by atoms with E-state index in [2.05, 4.69) is 11.0 Å². The van der Waals surface area contributed by atoms with Crippen molar-refractivity contribution in [2.45, 2.75) is 51.0 Å². The van der Waals surface area contributed by atoms with Crippen LogP contribution in [0.1, 0.15) is 48.9 Å². The predicted octanol–water partition coefficient (Wildman–Crippen LogP) is 2.18. The van der Waals surface area contributed by atoms with Crippen molar-refractivity contribution >= 4 is 5.82 Å². The Morgan fingerprint density at radius 2 is 2.20 bits per heavy atom. The van der Waals surface area contributed by atoms with Gasteiger partial charge in [-0.25, -0.2) is 4.98 Å². The van der Waals surface area contributed by atoms with Crippen molar-refractivity contribution in [2.24, 2.45) is 0 Å². The van der Waals surface area contributed by atoms with Gasteiger partial charge in [0.2, 0.25) is 0 Å². The molecule has 0 spiro atoms. The van der Waals surface area contributed by atoms with Gasteiger partial charge in [-0.05, 0) is 56.6 Å². The van der Waals surface area contributed by atoms with Crippen LogP contribution in [0.3, 0.4) is 0 Å². The standard InChI is InChI=1S/C16H21N3O/c17-11-13-10-12-4-1-7-15(12)18-16(13)19(8-3-9-20)14-5-2-6-14/h10,14,20H,1-9H2. The van der Waals surface area contributed by atoms with Crippen LogP contribution < -0.4 is 4.90 Å². The second kappa shape index (κ2) is 5.80. The van der Waals surface area contributed by atoms with E-state index in [9.17, 15) is 5.26 Å². The van der Waals surface area contributed by atoms with Crippen molar-refractivity contribution in [1.29, 1.82) is 5.26 Å². The highest BCUT2D eigenvalue weighted by Gasteiger charge is 2.28. The monoisotopic (exact) mass is 271 g/mol. The van der Waals surface area contributed by atoms with Crippen LogP contribution in [0.25, 0.3) is 0 Å². The van der Waals surface area contributed by atoms with Gasteiger partial charge in [0, 0.05) is 24.9 Å². The number of rotatable bonds is 5. The molecule has 4 heteroatoms. The van der Waals surface area contributed by atoms with Crippen molar-refractivity contribution < 1.29 is 5.11 Å². The summed E-state index contributed by atoms with van der Waals surface area (Å²) >= 11 is 0. The van der Waals surface area contributed by atoms with Crippen molar-refractivity contribution in [3.05, 3.63) is 22.9 Å². The summed E-state index contributed by atoms with van der Waals surface area (Å²) in [5.74, 6) is 0.853. The number of aromatic nitrogens is 1. The van der Waals surface area contributed by atoms with Crippen LogP contribution in [0, 0.1) is 11.3 Å². The van der Waals surface area contributed by atoms with E-state index < -0.39 is 0 Å². The van der Waals surface area contributed by atoms with E-state index in [1.54, 1.807) is 0 Å². The summed E-state index contributed by atoms with van der Waals surface area (Å²) < 4.78 is 0. The van der Waals surface area contributed by atoms with Gasteiger partial charge in [-0.1, -0.05) is 0 Å². The van der Waals surface area contributed by atoms with E-state index >= 15 is 0 Å². The highest BCUT2D eigenvalue weighted by atomic mass is 16.3. The van der Waals surface area contributed by atoms with Gasteiger partial charge >= 0.3 is 0 Å². The molecule has 1 N–H and O–H groups in total. The van der Waals surface area contributed by atoms with E-state index in [0.29, 0.717) is 11.6 Å². The minimum atomic E-state index is 0.191. The van der Waals surface area contributed by atoms with Crippen LogP contribution in [-0.2, 0) is 12.8 Å². The second-order valence-corrected chi connectivity index (χ2v) is 5.79. The van der Waals surface area contributed by atoms with Crippen molar-refractivity contribution in [3.63, 3.8) is 0 Å². The number of nitrogens with zero attached hydrogens (tertiary/aromatic N) is 3. The molecule has 0 radical (unpaired) electrons. The zero-order valence-electron chi connectivity index (χ0n) is 11.8. The van der Waals surface area contributed by atoms with Crippen LogP contribution in [0.2, 0.25) is 0 Å². The predicted molar refractivity (Wildman–Crippen MR) is 77.7 cm³/mol. The number of pyridine rings is 1. The first-order valence-electron chi connectivity index (χ1n) is 7.64. The molecule has 0 amide bonds. The lowest BCUT2D eigenvalue weighted by Gasteiger charge is -2.39. The Hall–Kier alpha value is -1.60. The molecule has 1 aromatic heterocycles. The average Bonchev–Trinajstić information content (AvgIpc) is 2.86. The quantitative estimate of drug-likeness (QED) is 0.891. The summed E-state index contributed by atoms with van der Waals surface area (Å²) in [6, 6.07) is 4.86. The summed E-state index contributed by atoms with van der Waals surface area (Å²) in [5, 5.41) is 18.5. The molecule has 1 aromatic rings. The van der Waals surface area contributed by atoms with Gasteiger partial charge in [-0.15, -0.1) is 0 Å². The maximum Gasteiger partial charge on any atom is 0.147 e. The summed E-state index contributed by atoms with van der Waals surface area (Å²) in [6.07, 6.45) is 7.58. The van der Waals surface area contributed by atoms with Gasteiger partial charge in [0.25, 0.3) is 0 Å². The first kappa shape index (κ1) is 13.4. The van der Waals surface area contributed by atoms with E-state index in [1.807, 2.05) is 6.07 Å². The molecule has 4 nitrogen and oxygen atoms in total. The normalized spacial score (nSPS) is 17.4. The lowest BCUT2D eigenvalue weighted by Crippen LogP contribution is -2.42. The molecule has 3 rings (SSSR count). The molecule has 0 atom stereocenters. The second-order valence-electron chi connectivity index (χ2n) is 5.79. The number of nitriles is 1. The van der Waals surface area contributed by atoms with Crippen LogP contribution in [-0.4, -0.2) is 29.3 Å². The summed E-state index contributed by atoms with van der Waals surface area (Å²) in [5.41, 5.74) is 3.13. The third-order valence-corrected chi connectivity index (χ3v) is 4.50. The first-order chi connectivity index (χ1) is 9.83. The fraction of sp³-hybridized carbons (Fsp3) is 0.625. The highest BCUT2D eigenvalue weighted by Crippen LogP contribution is 2.33. The molecular formula is C16H21N3O. The zero-order chi connectivity index (χ0) is 13.9. The molecule has 20 heavy (non-hydrogen) atoms. The summed E-state index contributed by atoms with van der Waals surface area (Å²) in [7, 11) is 0. The summed E-state index contributed by atoms with van der Waals surface area (Å²) in [4.78, 5) is 7.06. The van der Waals surface area contributed by atoms with Gasteiger partial charge in [-0.2, -0.15) is 5.26 Å². The fourth-order valence-electron chi connectivity index (χ4n) is 3.16. The molecule has 2 aliphatic rings. The number of fused-ring (bicyclic) bond motifs is 1. The molecule has 0 bridgehead atoms. The molecule has 1 fully saturated rings. The van der Waals surface area contributed by atoms with Gasteiger partial charge in [0.1, 0.15) is 11.9 Å². The number of aliphatic hydroxyl groups is 1. The topological polar surface area (TPSA) is 60.2 Å². The maximum atomic E-state index is 9.43. The highest BCUT2D eigenvalue weighted by molar-refractivity contribution is 5.57. The molecule has 2 aliphatic carbocycles. The van der Waals surface area contributed by atoms with Crippen LogP contribution in [0.4, 0.5) is 5.82 Å². The summed E-state index contributed by atoms with van der Waals surface area (Å²) in [6.45, 7) is 0.984. The van der Waals surface area contributed by atoms with Crippen molar-refractivity contribution in [2.75, 3.05) is 18.1 Å². The van der Waals surface area contributed by atoms with Gasteiger partial charge in [-0.3, -0.25) is 0 Å². The smallest absolute Gasteiger partial charge is 0.147 e. The van der Waals surface area contributed by atoms with E-state index in [0.717, 1.165) is 38.0 Å². The maximum absolute atomic E-state index is 9.43. The SMILES string of the molecule is N#Cc1cc2c(nc1N(CCCO)C1CCC1)CCC2. The molecular weight excluding hydrogens is 250 g/mol. The Morgan fingerprint density at radius 3 is 2.85 bits per heavy atom. The Bertz CT molecular complexity index is 531. The molecule has 1 saturated carbocycles. The van der Waals surface area contributed by atoms with Crippen molar-refractivity contribution in [3.8, 4) is 6.07 Å². The Labute approximate surface area is 120 Å². The zero-order valence-corrected chi connectivity index (χ0v) is 11.8.